The van der Waals surface area contributed by atoms with Crippen LogP contribution in [0.3, 0.4) is 0 Å². The lowest BCUT2D eigenvalue weighted by Crippen LogP contribution is -2.41. The molecule has 16 heavy (non-hydrogen) atoms. The standard InChI is InChI=1S/C12H21IN2O/c1-9(2)11(15(3)4)8-14-7-10-5-6-12(13)16-10/h5-6,9,11,14H,7-8H2,1-4H3. The average Bonchev–Trinajstić information content (AvgIpc) is 2.57. The van der Waals surface area contributed by atoms with Crippen LogP contribution in [0, 0.1) is 9.68 Å². The van der Waals surface area contributed by atoms with Crippen molar-refractivity contribution >= 4 is 22.6 Å². The number of likely N-dealkylation sites (N-methyl/N-ethyl adjacent to an activating group) is 1. The van der Waals surface area contributed by atoms with Gasteiger partial charge in [0, 0.05) is 12.6 Å². The van der Waals surface area contributed by atoms with Crippen LogP contribution in [0.2, 0.25) is 0 Å². The van der Waals surface area contributed by atoms with Gasteiger partial charge < -0.3 is 14.6 Å². The third-order valence-electron chi connectivity index (χ3n) is 2.71. The smallest absolute Gasteiger partial charge is 0.164 e. The van der Waals surface area contributed by atoms with Gasteiger partial charge in [-0.15, -0.1) is 0 Å². The molecule has 0 spiro atoms. The maximum Gasteiger partial charge on any atom is 0.164 e. The SMILES string of the molecule is CC(C)C(CNCc1ccc(I)o1)N(C)C. The highest BCUT2D eigenvalue weighted by molar-refractivity contribution is 14.1. The van der Waals surface area contributed by atoms with E-state index in [1.54, 1.807) is 0 Å². The van der Waals surface area contributed by atoms with Gasteiger partial charge in [0.05, 0.1) is 6.54 Å². The molecule has 0 aromatic carbocycles. The van der Waals surface area contributed by atoms with Crippen LogP contribution in [0.25, 0.3) is 0 Å². The molecule has 0 amide bonds. The first kappa shape index (κ1) is 14.0. The van der Waals surface area contributed by atoms with Crippen molar-refractivity contribution in [2.45, 2.75) is 26.4 Å². The number of nitrogens with one attached hydrogen (secondary N) is 1. The van der Waals surface area contributed by atoms with Crippen molar-refractivity contribution in [2.75, 3.05) is 20.6 Å². The summed E-state index contributed by atoms with van der Waals surface area (Å²) >= 11 is 2.18. The number of furan rings is 1. The van der Waals surface area contributed by atoms with Gasteiger partial charge in [0.15, 0.2) is 3.77 Å². The number of hydrogen-bond acceptors (Lipinski definition) is 3. The van der Waals surface area contributed by atoms with Crippen molar-refractivity contribution in [3.8, 4) is 0 Å². The molecule has 0 radical (unpaired) electrons. The van der Waals surface area contributed by atoms with Gasteiger partial charge >= 0.3 is 0 Å². The highest BCUT2D eigenvalue weighted by atomic mass is 127. The average molecular weight is 336 g/mol. The lowest BCUT2D eigenvalue weighted by molar-refractivity contribution is 0.222. The topological polar surface area (TPSA) is 28.4 Å². The van der Waals surface area contributed by atoms with Gasteiger partial charge in [0.25, 0.3) is 0 Å². The van der Waals surface area contributed by atoms with Crippen LogP contribution >= 0.6 is 22.6 Å². The van der Waals surface area contributed by atoms with Crippen molar-refractivity contribution < 1.29 is 4.42 Å². The summed E-state index contributed by atoms with van der Waals surface area (Å²) in [6.45, 7) is 6.30. The predicted molar refractivity (Wildman–Crippen MR) is 75.4 cm³/mol. The predicted octanol–water partition coefficient (Wildman–Crippen LogP) is 2.56. The van der Waals surface area contributed by atoms with E-state index in [0.29, 0.717) is 12.0 Å². The molecule has 0 saturated heterocycles. The molecule has 1 heterocycles. The molecular weight excluding hydrogens is 315 g/mol. The van der Waals surface area contributed by atoms with Gasteiger partial charge in [-0.2, -0.15) is 0 Å². The summed E-state index contributed by atoms with van der Waals surface area (Å²) in [6.07, 6.45) is 0. The van der Waals surface area contributed by atoms with E-state index >= 15 is 0 Å². The lowest BCUT2D eigenvalue weighted by Gasteiger charge is -2.28. The zero-order chi connectivity index (χ0) is 12.1. The highest BCUT2D eigenvalue weighted by Crippen LogP contribution is 2.10. The van der Waals surface area contributed by atoms with E-state index in [-0.39, 0.29) is 0 Å². The van der Waals surface area contributed by atoms with Crippen molar-refractivity contribution in [2.24, 2.45) is 5.92 Å². The van der Waals surface area contributed by atoms with E-state index in [2.05, 4.69) is 60.8 Å². The Balaban J connectivity index is 2.33. The fourth-order valence-corrected chi connectivity index (χ4v) is 2.27. The van der Waals surface area contributed by atoms with Crippen LogP contribution in [0.5, 0.6) is 0 Å². The molecule has 1 atom stereocenters. The molecular formula is C12H21IN2O. The fourth-order valence-electron chi connectivity index (χ4n) is 1.80. The van der Waals surface area contributed by atoms with Crippen molar-refractivity contribution in [1.82, 2.24) is 10.2 Å². The molecule has 1 N–H and O–H groups in total. The summed E-state index contributed by atoms with van der Waals surface area (Å²) in [5.74, 6) is 1.66. The third kappa shape index (κ3) is 4.43. The van der Waals surface area contributed by atoms with Crippen LogP contribution in [-0.2, 0) is 6.54 Å². The third-order valence-corrected chi connectivity index (χ3v) is 3.29. The molecule has 1 unspecified atom stereocenters. The molecule has 1 aromatic rings. The molecule has 3 nitrogen and oxygen atoms in total. The Morgan fingerprint density at radius 3 is 2.50 bits per heavy atom. The minimum atomic E-state index is 0.564. The first-order valence-corrected chi connectivity index (χ1v) is 6.70. The number of nitrogens with zero attached hydrogens (tertiary/aromatic N) is 1. The summed E-state index contributed by atoms with van der Waals surface area (Å²) in [5.41, 5.74) is 0. The number of hydrogen-bond donors (Lipinski definition) is 1. The zero-order valence-corrected chi connectivity index (χ0v) is 12.6. The maximum atomic E-state index is 5.50. The Morgan fingerprint density at radius 1 is 1.38 bits per heavy atom. The summed E-state index contributed by atoms with van der Waals surface area (Å²) in [6, 6.07) is 4.58. The largest absolute Gasteiger partial charge is 0.454 e. The van der Waals surface area contributed by atoms with Gasteiger partial charge in [0.2, 0.25) is 0 Å². The minimum Gasteiger partial charge on any atom is -0.454 e. The van der Waals surface area contributed by atoms with Crippen LogP contribution in [0.15, 0.2) is 16.5 Å². The maximum absolute atomic E-state index is 5.50. The Morgan fingerprint density at radius 2 is 2.06 bits per heavy atom. The van der Waals surface area contributed by atoms with E-state index in [4.69, 9.17) is 4.42 Å². The summed E-state index contributed by atoms with van der Waals surface area (Å²) in [7, 11) is 4.25. The Kier molecular flexibility index (Phi) is 5.78. The van der Waals surface area contributed by atoms with Gasteiger partial charge in [-0.3, -0.25) is 0 Å². The Labute approximate surface area is 112 Å². The number of halogens is 1. The Hall–Kier alpha value is -0.0700. The van der Waals surface area contributed by atoms with Crippen LogP contribution in [0.4, 0.5) is 0 Å². The van der Waals surface area contributed by atoms with Gasteiger partial charge in [-0.05, 0) is 54.7 Å². The quantitative estimate of drug-likeness (QED) is 0.810. The lowest BCUT2D eigenvalue weighted by atomic mass is 10.0. The summed E-state index contributed by atoms with van der Waals surface area (Å²) < 4.78 is 6.44. The van der Waals surface area contributed by atoms with E-state index < -0.39 is 0 Å². The molecule has 0 saturated carbocycles. The second-order valence-corrected chi connectivity index (χ2v) is 5.67. The summed E-state index contributed by atoms with van der Waals surface area (Å²) in [4.78, 5) is 2.27. The van der Waals surface area contributed by atoms with Crippen molar-refractivity contribution in [3.63, 3.8) is 0 Å². The number of rotatable bonds is 6. The van der Waals surface area contributed by atoms with Crippen molar-refractivity contribution in [1.29, 1.82) is 0 Å². The Bertz CT molecular complexity index is 302. The van der Waals surface area contributed by atoms with E-state index in [9.17, 15) is 0 Å². The van der Waals surface area contributed by atoms with Crippen molar-refractivity contribution in [3.05, 3.63) is 21.7 Å². The van der Waals surface area contributed by atoms with Crippen LogP contribution in [0.1, 0.15) is 19.6 Å². The molecule has 0 aliphatic heterocycles. The molecule has 92 valence electrons. The van der Waals surface area contributed by atoms with E-state index in [1.165, 1.54) is 0 Å². The molecule has 0 aliphatic carbocycles. The molecule has 0 fully saturated rings. The minimum absolute atomic E-state index is 0.564. The van der Waals surface area contributed by atoms with E-state index in [1.807, 2.05) is 12.1 Å². The van der Waals surface area contributed by atoms with Gasteiger partial charge in [-0.1, -0.05) is 13.8 Å². The first-order chi connectivity index (χ1) is 7.50. The highest BCUT2D eigenvalue weighted by Gasteiger charge is 2.14. The van der Waals surface area contributed by atoms with E-state index in [0.717, 1.165) is 22.6 Å². The first-order valence-electron chi connectivity index (χ1n) is 5.62. The monoisotopic (exact) mass is 336 g/mol. The zero-order valence-electron chi connectivity index (χ0n) is 10.5. The second-order valence-electron chi connectivity index (χ2n) is 4.61. The van der Waals surface area contributed by atoms with Crippen LogP contribution in [-0.4, -0.2) is 31.6 Å². The molecule has 1 aromatic heterocycles. The molecule has 1 rings (SSSR count). The second kappa shape index (κ2) is 6.61. The molecule has 0 aliphatic rings. The van der Waals surface area contributed by atoms with Gasteiger partial charge in [-0.25, -0.2) is 0 Å². The van der Waals surface area contributed by atoms with Gasteiger partial charge in [0.1, 0.15) is 5.76 Å². The fraction of sp³-hybridized carbons (Fsp3) is 0.667. The molecule has 0 bridgehead atoms. The summed E-state index contributed by atoms with van der Waals surface area (Å²) in [5, 5.41) is 3.44. The normalized spacial score (nSPS) is 13.7. The van der Waals surface area contributed by atoms with Crippen LogP contribution < -0.4 is 5.32 Å². The molecule has 4 heteroatoms.